The Morgan fingerprint density at radius 3 is 2.47 bits per heavy atom. The molecule has 1 aromatic heterocycles. The maximum absolute atomic E-state index is 13.3. The van der Waals surface area contributed by atoms with Gasteiger partial charge in [-0.25, -0.2) is 13.2 Å². The molecule has 0 aliphatic carbocycles. The largest absolute Gasteiger partial charge is 0.472 e. The Balaban J connectivity index is 2.24. The van der Waals surface area contributed by atoms with Crippen molar-refractivity contribution in [1.29, 1.82) is 0 Å². The minimum Gasteiger partial charge on any atom is -0.472 e. The lowest BCUT2D eigenvalue weighted by atomic mass is 10.0. The van der Waals surface area contributed by atoms with Gasteiger partial charge in [0.15, 0.2) is 11.6 Å². The van der Waals surface area contributed by atoms with Crippen LogP contribution < -0.4 is 0 Å². The zero-order valence-corrected chi connectivity index (χ0v) is 8.66. The number of benzene rings is 1. The lowest BCUT2D eigenvalue weighted by molar-refractivity contribution is 0.172. The lowest BCUT2D eigenvalue weighted by Crippen LogP contribution is -2.05. The summed E-state index contributed by atoms with van der Waals surface area (Å²) in [6.45, 7) is 0. The number of aliphatic hydroxyl groups excluding tert-OH is 1. The molecule has 1 N–H and O–H groups in total. The second kappa shape index (κ2) is 4.63. The predicted molar refractivity (Wildman–Crippen MR) is 53.7 cm³/mol. The SMILES string of the molecule is OC(Cc1ccoc1)c1cc(F)c(F)cc1F. The Hall–Kier alpha value is -1.75. The molecule has 0 saturated heterocycles. The minimum absolute atomic E-state index is 0.0679. The molecular weight excluding hydrogens is 233 g/mol. The molecule has 2 rings (SSSR count). The van der Waals surface area contributed by atoms with Gasteiger partial charge in [0.25, 0.3) is 0 Å². The van der Waals surface area contributed by atoms with E-state index in [0.717, 1.165) is 0 Å². The van der Waals surface area contributed by atoms with E-state index in [1.54, 1.807) is 6.07 Å². The van der Waals surface area contributed by atoms with Crippen LogP contribution in [0.25, 0.3) is 0 Å². The molecule has 0 bridgehead atoms. The fraction of sp³-hybridized carbons (Fsp3) is 0.167. The van der Waals surface area contributed by atoms with E-state index in [9.17, 15) is 18.3 Å². The molecule has 0 fully saturated rings. The van der Waals surface area contributed by atoms with Crippen LogP contribution in [0.2, 0.25) is 0 Å². The maximum Gasteiger partial charge on any atom is 0.161 e. The minimum atomic E-state index is -1.28. The Labute approximate surface area is 95.3 Å². The highest BCUT2D eigenvalue weighted by molar-refractivity contribution is 5.24. The average molecular weight is 242 g/mol. The van der Waals surface area contributed by atoms with Crippen molar-refractivity contribution in [1.82, 2.24) is 0 Å². The van der Waals surface area contributed by atoms with Crippen molar-refractivity contribution in [3.63, 3.8) is 0 Å². The summed E-state index contributed by atoms with van der Waals surface area (Å²) in [4.78, 5) is 0. The van der Waals surface area contributed by atoms with Crippen LogP contribution in [0.1, 0.15) is 17.2 Å². The molecule has 90 valence electrons. The van der Waals surface area contributed by atoms with E-state index in [0.29, 0.717) is 17.7 Å². The quantitative estimate of drug-likeness (QED) is 0.839. The van der Waals surface area contributed by atoms with Crippen LogP contribution >= 0.6 is 0 Å². The van der Waals surface area contributed by atoms with E-state index in [-0.39, 0.29) is 12.0 Å². The molecule has 0 aliphatic rings. The van der Waals surface area contributed by atoms with Gasteiger partial charge in [0.1, 0.15) is 5.82 Å². The molecule has 0 radical (unpaired) electrons. The predicted octanol–water partition coefficient (Wildman–Crippen LogP) is 2.97. The summed E-state index contributed by atoms with van der Waals surface area (Å²) < 4.78 is 43.7. The molecule has 1 heterocycles. The number of halogens is 3. The van der Waals surface area contributed by atoms with Crippen LogP contribution in [-0.2, 0) is 6.42 Å². The number of furan rings is 1. The van der Waals surface area contributed by atoms with E-state index in [4.69, 9.17) is 4.42 Å². The summed E-state index contributed by atoms with van der Waals surface area (Å²) in [6, 6.07) is 2.68. The Bertz CT molecular complexity index is 509. The van der Waals surface area contributed by atoms with E-state index in [1.165, 1.54) is 12.5 Å². The number of hydrogen-bond donors (Lipinski definition) is 1. The first-order valence-electron chi connectivity index (χ1n) is 4.91. The van der Waals surface area contributed by atoms with Gasteiger partial charge in [-0.15, -0.1) is 0 Å². The first-order chi connectivity index (χ1) is 8.08. The topological polar surface area (TPSA) is 33.4 Å². The molecule has 2 nitrogen and oxygen atoms in total. The van der Waals surface area contributed by atoms with Gasteiger partial charge in [-0.3, -0.25) is 0 Å². The Kier molecular flexibility index (Phi) is 3.19. The molecule has 1 aromatic carbocycles. The van der Waals surface area contributed by atoms with Crippen molar-refractivity contribution in [3.05, 3.63) is 59.3 Å². The van der Waals surface area contributed by atoms with Crippen molar-refractivity contribution >= 4 is 0 Å². The molecule has 1 atom stereocenters. The molecule has 1 unspecified atom stereocenters. The first-order valence-corrected chi connectivity index (χ1v) is 4.91. The average Bonchev–Trinajstić information content (AvgIpc) is 2.76. The second-order valence-corrected chi connectivity index (χ2v) is 3.64. The van der Waals surface area contributed by atoms with Gasteiger partial charge in [0.05, 0.1) is 18.6 Å². The number of rotatable bonds is 3. The van der Waals surface area contributed by atoms with E-state index < -0.39 is 23.6 Å². The zero-order chi connectivity index (χ0) is 12.4. The van der Waals surface area contributed by atoms with E-state index in [1.807, 2.05) is 0 Å². The standard InChI is InChI=1S/C12H9F3O2/c13-9-5-11(15)10(14)4-8(9)12(16)3-7-1-2-17-6-7/h1-2,4-6,12,16H,3H2. The number of aliphatic hydroxyl groups is 1. The highest BCUT2D eigenvalue weighted by Crippen LogP contribution is 2.23. The molecule has 0 amide bonds. The smallest absolute Gasteiger partial charge is 0.161 e. The van der Waals surface area contributed by atoms with Gasteiger partial charge >= 0.3 is 0 Å². The summed E-state index contributed by atoms with van der Waals surface area (Å²) in [5, 5.41) is 9.72. The lowest BCUT2D eigenvalue weighted by Gasteiger charge is -2.11. The van der Waals surface area contributed by atoms with Crippen LogP contribution in [0.15, 0.2) is 35.1 Å². The van der Waals surface area contributed by atoms with Crippen LogP contribution in [0.5, 0.6) is 0 Å². The fourth-order valence-corrected chi connectivity index (χ4v) is 1.54. The van der Waals surface area contributed by atoms with Gasteiger partial charge in [-0.2, -0.15) is 0 Å². The van der Waals surface area contributed by atoms with Crippen LogP contribution in [0.4, 0.5) is 13.2 Å². The molecule has 2 aromatic rings. The van der Waals surface area contributed by atoms with Gasteiger partial charge in [-0.1, -0.05) is 0 Å². The first kappa shape index (κ1) is 11.7. The van der Waals surface area contributed by atoms with Gasteiger partial charge in [0.2, 0.25) is 0 Å². The van der Waals surface area contributed by atoms with Crippen molar-refractivity contribution in [2.45, 2.75) is 12.5 Å². The molecule has 17 heavy (non-hydrogen) atoms. The molecular formula is C12H9F3O2. The summed E-state index contributed by atoms with van der Waals surface area (Å²) in [5.74, 6) is -3.44. The van der Waals surface area contributed by atoms with Gasteiger partial charge < -0.3 is 9.52 Å². The van der Waals surface area contributed by atoms with Crippen molar-refractivity contribution in [2.24, 2.45) is 0 Å². The second-order valence-electron chi connectivity index (χ2n) is 3.64. The molecule has 0 aliphatic heterocycles. The third-order valence-corrected chi connectivity index (χ3v) is 2.41. The summed E-state index contributed by atoms with van der Waals surface area (Å²) in [5.41, 5.74) is 0.367. The maximum atomic E-state index is 13.3. The van der Waals surface area contributed by atoms with Crippen molar-refractivity contribution in [2.75, 3.05) is 0 Å². The van der Waals surface area contributed by atoms with Crippen LogP contribution in [0, 0.1) is 17.5 Å². The molecule has 5 heteroatoms. The molecule has 0 spiro atoms. The van der Waals surface area contributed by atoms with E-state index >= 15 is 0 Å². The summed E-state index contributed by atoms with van der Waals surface area (Å²) in [7, 11) is 0. The normalized spacial score (nSPS) is 12.7. The highest BCUT2D eigenvalue weighted by Gasteiger charge is 2.17. The highest BCUT2D eigenvalue weighted by atomic mass is 19.2. The van der Waals surface area contributed by atoms with Gasteiger partial charge in [0, 0.05) is 18.1 Å². The number of hydrogen-bond acceptors (Lipinski definition) is 2. The van der Waals surface area contributed by atoms with E-state index in [2.05, 4.69) is 0 Å². The monoisotopic (exact) mass is 242 g/mol. The zero-order valence-electron chi connectivity index (χ0n) is 8.66. The summed E-state index contributed by atoms with van der Waals surface area (Å²) >= 11 is 0. The Morgan fingerprint density at radius 2 is 1.82 bits per heavy atom. The third-order valence-electron chi connectivity index (χ3n) is 2.41. The third kappa shape index (κ3) is 2.50. The van der Waals surface area contributed by atoms with Gasteiger partial charge in [-0.05, 0) is 17.7 Å². The Morgan fingerprint density at radius 1 is 1.12 bits per heavy atom. The van der Waals surface area contributed by atoms with Crippen molar-refractivity contribution < 1.29 is 22.7 Å². The van der Waals surface area contributed by atoms with Crippen molar-refractivity contribution in [3.8, 4) is 0 Å². The molecule has 0 saturated carbocycles. The summed E-state index contributed by atoms with van der Waals surface area (Å²) in [6.07, 6.45) is 1.62. The van der Waals surface area contributed by atoms with Crippen LogP contribution in [-0.4, -0.2) is 5.11 Å². The fourth-order valence-electron chi connectivity index (χ4n) is 1.54. The van der Waals surface area contributed by atoms with Crippen LogP contribution in [0.3, 0.4) is 0 Å².